The number of aromatic nitrogens is 3. The maximum absolute atomic E-state index is 13.6. The van der Waals surface area contributed by atoms with Gasteiger partial charge in [0.25, 0.3) is 5.91 Å². The minimum absolute atomic E-state index is 0.0479. The highest BCUT2D eigenvalue weighted by molar-refractivity contribution is 5.99. The van der Waals surface area contributed by atoms with E-state index in [1.165, 1.54) is 30.1 Å². The van der Waals surface area contributed by atoms with Gasteiger partial charge in [-0.05, 0) is 43.2 Å². The Morgan fingerprint density at radius 2 is 1.97 bits per heavy atom. The average Bonchev–Trinajstić information content (AvgIpc) is 3.18. The zero-order chi connectivity index (χ0) is 27.2. The molecule has 2 amide bonds. The number of aliphatic hydroxyl groups excluding tert-OH is 1. The second-order valence-corrected chi connectivity index (χ2v) is 8.56. The minimum atomic E-state index is -4.84. The summed E-state index contributed by atoms with van der Waals surface area (Å²) in [5.41, 5.74) is 1.18. The van der Waals surface area contributed by atoms with E-state index in [0.29, 0.717) is 29.9 Å². The Morgan fingerprint density at radius 1 is 1.22 bits per heavy atom. The van der Waals surface area contributed by atoms with Crippen LogP contribution in [0, 0.1) is 0 Å². The first-order valence-electron chi connectivity index (χ1n) is 11.4. The van der Waals surface area contributed by atoms with Crippen LogP contribution in [-0.4, -0.2) is 70.0 Å². The minimum Gasteiger partial charge on any atom is -0.406 e. The van der Waals surface area contributed by atoms with E-state index in [1.807, 2.05) is 0 Å². The standard InChI is InChI=1S/C25H28F3N5O4/c1-17(35)10-12-31(2)24(36)22-23(32(3)16-34)30-21(33(22)15-19-8-4-5-11-29-19)14-18-7-6-9-20(13-18)37-25(26,27)28/h4-9,11,13,16-17,35H,10,12,14-15H2,1-3H3. The normalized spacial score (nSPS) is 12.2. The predicted octanol–water partition coefficient (Wildman–Crippen LogP) is 3.25. The summed E-state index contributed by atoms with van der Waals surface area (Å²) >= 11 is 0. The van der Waals surface area contributed by atoms with Gasteiger partial charge in [0, 0.05) is 33.3 Å². The van der Waals surface area contributed by atoms with Crippen molar-refractivity contribution in [1.82, 2.24) is 19.4 Å². The number of halogens is 3. The molecule has 0 spiro atoms. The van der Waals surface area contributed by atoms with Crippen LogP contribution < -0.4 is 9.64 Å². The molecule has 1 aromatic carbocycles. The first-order chi connectivity index (χ1) is 17.5. The SMILES string of the molecule is CC(O)CCN(C)C(=O)c1c(N(C)C=O)nc(Cc2cccc(OC(F)(F)F)c2)n1Cc1ccccn1. The smallest absolute Gasteiger partial charge is 0.406 e. The monoisotopic (exact) mass is 519 g/mol. The van der Waals surface area contributed by atoms with Crippen LogP contribution in [0.4, 0.5) is 19.0 Å². The van der Waals surface area contributed by atoms with Crippen LogP contribution in [0.25, 0.3) is 0 Å². The largest absolute Gasteiger partial charge is 0.573 e. The zero-order valence-electron chi connectivity index (χ0n) is 20.6. The van der Waals surface area contributed by atoms with Crippen molar-refractivity contribution in [2.75, 3.05) is 25.5 Å². The van der Waals surface area contributed by atoms with Crippen molar-refractivity contribution in [1.29, 1.82) is 0 Å². The average molecular weight is 520 g/mol. The van der Waals surface area contributed by atoms with Gasteiger partial charge in [0.15, 0.2) is 11.5 Å². The molecule has 9 nitrogen and oxygen atoms in total. The van der Waals surface area contributed by atoms with E-state index in [2.05, 4.69) is 14.7 Å². The lowest BCUT2D eigenvalue weighted by molar-refractivity contribution is -0.274. The summed E-state index contributed by atoms with van der Waals surface area (Å²) in [6.07, 6.45) is -2.96. The molecule has 0 bridgehead atoms. The van der Waals surface area contributed by atoms with Gasteiger partial charge in [0.1, 0.15) is 11.6 Å². The Balaban J connectivity index is 2.09. The number of carbonyl (C=O) groups is 2. The Hall–Kier alpha value is -3.93. The van der Waals surface area contributed by atoms with Crippen molar-refractivity contribution in [2.24, 2.45) is 0 Å². The number of benzene rings is 1. The molecule has 37 heavy (non-hydrogen) atoms. The molecule has 1 atom stereocenters. The highest BCUT2D eigenvalue weighted by atomic mass is 19.4. The van der Waals surface area contributed by atoms with Crippen molar-refractivity contribution in [3.63, 3.8) is 0 Å². The molecule has 0 aliphatic rings. The number of hydrogen-bond donors (Lipinski definition) is 1. The van der Waals surface area contributed by atoms with Crippen molar-refractivity contribution in [2.45, 2.75) is 38.8 Å². The Morgan fingerprint density at radius 3 is 2.59 bits per heavy atom. The second kappa shape index (κ2) is 11.9. The highest BCUT2D eigenvalue weighted by Gasteiger charge is 2.31. The molecule has 0 fully saturated rings. The van der Waals surface area contributed by atoms with E-state index < -0.39 is 18.4 Å². The second-order valence-electron chi connectivity index (χ2n) is 8.56. The molecule has 0 aliphatic heterocycles. The first-order valence-corrected chi connectivity index (χ1v) is 11.4. The van der Waals surface area contributed by atoms with Gasteiger partial charge < -0.3 is 24.2 Å². The number of rotatable bonds is 11. The number of pyridine rings is 1. The fourth-order valence-corrected chi connectivity index (χ4v) is 3.65. The van der Waals surface area contributed by atoms with Gasteiger partial charge in [0.2, 0.25) is 6.41 Å². The molecule has 0 radical (unpaired) electrons. The molecule has 3 aromatic rings. The summed E-state index contributed by atoms with van der Waals surface area (Å²) in [6.45, 7) is 1.99. The molecule has 12 heteroatoms. The number of ether oxygens (including phenoxy) is 1. The quantitative estimate of drug-likeness (QED) is 0.391. The molecule has 1 unspecified atom stereocenters. The van der Waals surface area contributed by atoms with E-state index in [-0.39, 0.29) is 36.8 Å². The molecular formula is C25H28F3N5O4. The third kappa shape index (κ3) is 7.53. The van der Waals surface area contributed by atoms with Crippen LogP contribution in [0.2, 0.25) is 0 Å². The number of carbonyl (C=O) groups excluding carboxylic acids is 2. The van der Waals surface area contributed by atoms with Crippen LogP contribution in [0.15, 0.2) is 48.7 Å². The number of aliphatic hydroxyl groups is 1. The molecule has 3 rings (SSSR count). The van der Waals surface area contributed by atoms with Crippen LogP contribution in [0.3, 0.4) is 0 Å². The molecule has 0 saturated carbocycles. The van der Waals surface area contributed by atoms with Crippen molar-refractivity contribution >= 4 is 18.1 Å². The summed E-state index contributed by atoms with van der Waals surface area (Å²) < 4.78 is 43.8. The maximum Gasteiger partial charge on any atom is 0.573 e. The lowest BCUT2D eigenvalue weighted by atomic mass is 10.1. The Kier molecular flexibility index (Phi) is 8.87. The van der Waals surface area contributed by atoms with Gasteiger partial charge in [-0.1, -0.05) is 18.2 Å². The summed E-state index contributed by atoms with van der Waals surface area (Å²) in [7, 11) is 3.03. The van der Waals surface area contributed by atoms with E-state index in [0.717, 1.165) is 4.90 Å². The summed E-state index contributed by atoms with van der Waals surface area (Å²) in [5, 5.41) is 9.65. The number of amides is 2. The van der Waals surface area contributed by atoms with Gasteiger partial charge in [-0.15, -0.1) is 13.2 Å². The summed E-state index contributed by atoms with van der Waals surface area (Å²) in [6, 6.07) is 10.8. The van der Waals surface area contributed by atoms with E-state index in [1.54, 1.807) is 49.0 Å². The van der Waals surface area contributed by atoms with Crippen molar-refractivity contribution in [3.8, 4) is 5.75 Å². The van der Waals surface area contributed by atoms with Gasteiger partial charge in [-0.25, -0.2) is 4.98 Å². The lowest BCUT2D eigenvalue weighted by Crippen LogP contribution is -2.33. The van der Waals surface area contributed by atoms with Crippen LogP contribution >= 0.6 is 0 Å². The van der Waals surface area contributed by atoms with Crippen molar-refractivity contribution < 1.29 is 32.6 Å². The van der Waals surface area contributed by atoms with Crippen LogP contribution in [0.5, 0.6) is 5.75 Å². The van der Waals surface area contributed by atoms with Crippen molar-refractivity contribution in [3.05, 3.63) is 71.4 Å². The molecule has 2 aromatic heterocycles. The van der Waals surface area contributed by atoms with Gasteiger partial charge in [0.05, 0.1) is 18.3 Å². The van der Waals surface area contributed by atoms with E-state index in [9.17, 15) is 27.9 Å². The lowest BCUT2D eigenvalue weighted by Gasteiger charge is -2.21. The van der Waals surface area contributed by atoms with Crippen LogP contribution in [-0.2, 0) is 17.8 Å². The Labute approximate surface area is 212 Å². The zero-order valence-corrected chi connectivity index (χ0v) is 20.6. The third-order valence-corrected chi connectivity index (χ3v) is 5.49. The molecule has 0 saturated heterocycles. The summed E-state index contributed by atoms with van der Waals surface area (Å²) in [4.78, 5) is 36.7. The molecular weight excluding hydrogens is 491 g/mol. The molecule has 198 valence electrons. The van der Waals surface area contributed by atoms with Gasteiger partial charge in [-0.2, -0.15) is 0 Å². The number of imidazole rings is 1. The third-order valence-electron chi connectivity index (χ3n) is 5.49. The van der Waals surface area contributed by atoms with Crippen LogP contribution in [0.1, 0.15) is 40.9 Å². The fourth-order valence-electron chi connectivity index (χ4n) is 3.65. The molecule has 2 heterocycles. The molecule has 1 N–H and O–H groups in total. The maximum atomic E-state index is 13.6. The topological polar surface area (TPSA) is 101 Å². The fraction of sp³-hybridized carbons (Fsp3) is 0.360. The number of alkyl halides is 3. The number of hydrogen-bond acceptors (Lipinski definition) is 6. The first kappa shape index (κ1) is 27.7. The summed E-state index contributed by atoms with van der Waals surface area (Å²) in [5.74, 6) is -0.385. The predicted molar refractivity (Wildman–Crippen MR) is 129 cm³/mol. The van der Waals surface area contributed by atoms with Gasteiger partial charge in [-0.3, -0.25) is 14.6 Å². The van der Waals surface area contributed by atoms with Gasteiger partial charge >= 0.3 is 6.36 Å². The highest BCUT2D eigenvalue weighted by Crippen LogP contribution is 2.27. The number of anilines is 1. The van der Waals surface area contributed by atoms with E-state index in [4.69, 9.17) is 0 Å². The number of nitrogens with zero attached hydrogens (tertiary/aromatic N) is 5. The Bertz CT molecular complexity index is 1210. The van der Waals surface area contributed by atoms with E-state index >= 15 is 0 Å². The molecule has 0 aliphatic carbocycles.